The number of nitro groups is 1. The minimum Gasteiger partial charge on any atom is -0.500 e. The van der Waals surface area contributed by atoms with Gasteiger partial charge in [0, 0.05) is 22.1 Å². The molecule has 33 heavy (non-hydrogen) atoms. The zero-order valence-corrected chi connectivity index (χ0v) is 18.0. The first-order valence-electron chi connectivity index (χ1n) is 9.39. The predicted octanol–water partition coefficient (Wildman–Crippen LogP) is 3.29. The van der Waals surface area contributed by atoms with Gasteiger partial charge in [0.1, 0.15) is 5.70 Å². The van der Waals surface area contributed by atoms with Crippen molar-refractivity contribution >= 4 is 41.1 Å². The molecule has 0 saturated heterocycles. The third-order valence-electron chi connectivity index (χ3n) is 4.23. The minimum absolute atomic E-state index is 0.0438. The molecule has 0 radical (unpaired) electrons. The Morgan fingerprint density at radius 2 is 1.94 bits per heavy atom. The molecule has 2 amide bonds. The normalized spacial score (nSPS) is 11.2. The van der Waals surface area contributed by atoms with Crippen molar-refractivity contribution in [1.82, 2.24) is 10.7 Å². The summed E-state index contributed by atoms with van der Waals surface area (Å²) in [5.74, 6) is -1.92. The van der Waals surface area contributed by atoms with Crippen molar-refractivity contribution in [3.05, 3.63) is 91.8 Å². The number of phenolic OH excluding ortho intramolecular Hbond substituents is 1. The van der Waals surface area contributed by atoms with Crippen LogP contribution in [0, 0.1) is 10.1 Å². The lowest BCUT2D eigenvalue weighted by molar-refractivity contribution is -0.386. The standard InChI is InChI=1S/C22H18N4O6S/c1-32-19-11-14(10-18(20(19)27)26(30)31)13-23-25-22(29)17(12-16-8-5-9-33-16)24-21(28)15-6-3-2-4-7-15/h2-13,27H,1H3,(H,24,28)(H,25,29)/b17-12?,23-13+. The summed E-state index contributed by atoms with van der Waals surface area (Å²) >= 11 is 1.37. The second kappa shape index (κ2) is 10.7. The van der Waals surface area contributed by atoms with Crippen LogP contribution in [-0.4, -0.2) is 35.2 Å². The second-order valence-electron chi connectivity index (χ2n) is 6.44. The number of hydrogen-bond donors (Lipinski definition) is 3. The van der Waals surface area contributed by atoms with Crippen LogP contribution in [0.15, 0.2) is 70.8 Å². The molecule has 0 saturated carbocycles. The van der Waals surface area contributed by atoms with E-state index in [2.05, 4.69) is 15.8 Å². The lowest BCUT2D eigenvalue weighted by atomic mass is 10.2. The van der Waals surface area contributed by atoms with Gasteiger partial charge in [-0.1, -0.05) is 24.3 Å². The van der Waals surface area contributed by atoms with Gasteiger partial charge in [0.25, 0.3) is 11.8 Å². The first-order chi connectivity index (χ1) is 15.9. The number of rotatable bonds is 8. The first-order valence-corrected chi connectivity index (χ1v) is 10.3. The van der Waals surface area contributed by atoms with Crippen LogP contribution in [0.4, 0.5) is 5.69 Å². The zero-order chi connectivity index (χ0) is 23.8. The number of aromatic hydroxyl groups is 1. The number of methoxy groups -OCH3 is 1. The van der Waals surface area contributed by atoms with Crippen LogP contribution in [0.5, 0.6) is 11.5 Å². The van der Waals surface area contributed by atoms with E-state index >= 15 is 0 Å². The maximum atomic E-state index is 12.7. The number of thiophene rings is 1. The quantitative estimate of drug-likeness (QED) is 0.201. The first kappa shape index (κ1) is 23.2. The van der Waals surface area contributed by atoms with Crippen molar-refractivity contribution < 1.29 is 24.4 Å². The van der Waals surface area contributed by atoms with Crippen molar-refractivity contribution in [2.75, 3.05) is 7.11 Å². The third-order valence-corrected chi connectivity index (χ3v) is 5.05. The van der Waals surface area contributed by atoms with Crippen LogP contribution < -0.4 is 15.5 Å². The van der Waals surface area contributed by atoms with E-state index in [1.54, 1.807) is 42.5 Å². The van der Waals surface area contributed by atoms with Gasteiger partial charge in [-0.3, -0.25) is 19.7 Å². The molecule has 168 valence electrons. The Morgan fingerprint density at radius 3 is 2.58 bits per heavy atom. The Balaban J connectivity index is 1.80. The molecule has 3 N–H and O–H groups in total. The fourth-order valence-corrected chi connectivity index (χ4v) is 3.32. The number of hydrazone groups is 1. The van der Waals surface area contributed by atoms with Gasteiger partial charge in [-0.15, -0.1) is 11.3 Å². The molecule has 10 nitrogen and oxygen atoms in total. The molecular weight excluding hydrogens is 448 g/mol. The van der Waals surface area contributed by atoms with Crippen molar-refractivity contribution in [2.45, 2.75) is 0 Å². The molecule has 0 atom stereocenters. The molecule has 0 spiro atoms. The molecular formula is C22H18N4O6S. The molecule has 0 fully saturated rings. The van der Waals surface area contributed by atoms with Crippen molar-refractivity contribution in [3.63, 3.8) is 0 Å². The average Bonchev–Trinajstić information content (AvgIpc) is 3.33. The summed E-state index contributed by atoms with van der Waals surface area (Å²) in [6.45, 7) is 0. The molecule has 0 aliphatic carbocycles. The number of carbonyl (C=O) groups excluding carboxylic acids is 2. The molecule has 2 aromatic carbocycles. The van der Waals surface area contributed by atoms with Crippen LogP contribution >= 0.6 is 11.3 Å². The van der Waals surface area contributed by atoms with Gasteiger partial charge in [-0.25, -0.2) is 5.43 Å². The van der Waals surface area contributed by atoms with E-state index in [0.29, 0.717) is 5.56 Å². The van der Waals surface area contributed by atoms with Gasteiger partial charge in [0.2, 0.25) is 5.75 Å². The smallest absolute Gasteiger partial charge is 0.315 e. The van der Waals surface area contributed by atoms with E-state index in [0.717, 1.165) is 17.2 Å². The van der Waals surface area contributed by atoms with Crippen molar-refractivity contribution in [2.24, 2.45) is 5.10 Å². The summed E-state index contributed by atoms with van der Waals surface area (Å²) in [7, 11) is 1.25. The highest BCUT2D eigenvalue weighted by Crippen LogP contribution is 2.36. The molecule has 0 bridgehead atoms. The van der Waals surface area contributed by atoms with Gasteiger partial charge in [-0.2, -0.15) is 5.10 Å². The fraction of sp³-hybridized carbons (Fsp3) is 0.0455. The highest BCUT2D eigenvalue weighted by molar-refractivity contribution is 7.10. The summed E-state index contributed by atoms with van der Waals surface area (Å²) in [5.41, 5.74) is 2.24. The number of carbonyl (C=O) groups is 2. The van der Waals surface area contributed by atoms with Crippen molar-refractivity contribution in [1.29, 1.82) is 0 Å². The number of nitrogens with one attached hydrogen (secondary N) is 2. The molecule has 0 aliphatic heterocycles. The monoisotopic (exact) mass is 466 g/mol. The van der Waals surface area contributed by atoms with E-state index < -0.39 is 28.2 Å². The summed E-state index contributed by atoms with van der Waals surface area (Å²) in [4.78, 5) is 36.3. The number of nitro benzene ring substituents is 1. The van der Waals surface area contributed by atoms with Crippen LogP contribution in [0.25, 0.3) is 6.08 Å². The molecule has 11 heteroatoms. The molecule has 1 aromatic heterocycles. The van der Waals surface area contributed by atoms with E-state index in [9.17, 15) is 24.8 Å². The minimum atomic E-state index is -0.769. The van der Waals surface area contributed by atoms with E-state index in [1.165, 1.54) is 30.6 Å². The Hall–Kier alpha value is -4.51. The Kier molecular flexibility index (Phi) is 7.50. The number of hydrogen-bond acceptors (Lipinski definition) is 8. The Morgan fingerprint density at radius 1 is 1.18 bits per heavy atom. The van der Waals surface area contributed by atoms with Crippen LogP contribution in [-0.2, 0) is 4.79 Å². The largest absolute Gasteiger partial charge is 0.500 e. The van der Waals surface area contributed by atoms with E-state index in [4.69, 9.17) is 4.74 Å². The Bertz CT molecular complexity index is 1220. The molecule has 0 aliphatic rings. The SMILES string of the molecule is COc1cc(/C=N/NC(=O)C(=Cc2cccs2)NC(=O)c2ccccc2)cc([N+](=O)[O-])c1O. The Labute approximate surface area is 192 Å². The zero-order valence-electron chi connectivity index (χ0n) is 17.2. The molecule has 1 heterocycles. The second-order valence-corrected chi connectivity index (χ2v) is 7.42. The summed E-state index contributed by atoms with van der Waals surface area (Å²) in [5, 5.41) is 29.2. The number of ether oxygens (including phenoxy) is 1. The van der Waals surface area contributed by atoms with Crippen LogP contribution in [0.1, 0.15) is 20.8 Å². The third kappa shape index (κ3) is 6.02. The lowest BCUT2D eigenvalue weighted by Gasteiger charge is -2.09. The van der Waals surface area contributed by atoms with E-state index in [-0.39, 0.29) is 17.0 Å². The molecule has 0 unspecified atom stereocenters. The van der Waals surface area contributed by atoms with Crippen LogP contribution in [0.3, 0.4) is 0 Å². The maximum absolute atomic E-state index is 12.7. The number of benzene rings is 2. The van der Waals surface area contributed by atoms with Gasteiger partial charge >= 0.3 is 5.69 Å². The highest BCUT2D eigenvalue weighted by Gasteiger charge is 2.19. The topological polar surface area (TPSA) is 143 Å². The van der Waals surface area contributed by atoms with Crippen LogP contribution in [0.2, 0.25) is 0 Å². The summed E-state index contributed by atoms with van der Waals surface area (Å²) in [6, 6.07) is 14.4. The number of nitrogens with zero attached hydrogens (tertiary/aromatic N) is 2. The van der Waals surface area contributed by atoms with Crippen molar-refractivity contribution in [3.8, 4) is 11.5 Å². The predicted molar refractivity (Wildman–Crippen MR) is 123 cm³/mol. The lowest BCUT2D eigenvalue weighted by Crippen LogP contribution is -2.32. The summed E-state index contributed by atoms with van der Waals surface area (Å²) in [6.07, 6.45) is 2.65. The average molecular weight is 466 g/mol. The van der Waals surface area contributed by atoms with Gasteiger partial charge < -0.3 is 15.2 Å². The van der Waals surface area contributed by atoms with Gasteiger partial charge in [-0.05, 0) is 35.7 Å². The maximum Gasteiger partial charge on any atom is 0.315 e. The fourth-order valence-electron chi connectivity index (χ4n) is 2.67. The number of phenols is 1. The summed E-state index contributed by atoms with van der Waals surface area (Å²) < 4.78 is 4.93. The van der Waals surface area contributed by atoms with Gasteiger partial charge in [0.15, 0.2) is 5.75 Å². The highest BCUT2D eigenvalue weighted by atomic mass is 32.1. The molecule has 3 rings (SSSR count). The van der Waals surface area contributed by atoms with E-state index in [1.807, 2.05) is 5.38 Å². The molecule has 3 aromatic rings. The van der Waals surface area contributed by atoms with Gasteiger partial charge in [0.05, 0.1) is 18.2 Å². The number of amides is 2.